The Balaban J connectivity index is 1.98. The number of rotatable bonds is 3. The molecule has 1 N–H and O–H groups in total. The van der Waals surface area contributed by atoms with Gasteiger partial charge in [-0.1, -0.05) is 13.0 Å². The lowest BCUT2D eigenvalue weighted by Crippen LogP contribution is -2.21. The average Bonchev–Trinajstić information content (AvgIpc) is 2.99. The third kappa shape index (κ3) is 2.55. The van der Waals surface area contributed by atoms with Crippen molar-refractivity contribution >= 4 is 11.6 Å². The summed E-state index contributed by atoms with van der Waals surface area (Å²) in [6, 6.07) is 5.98. The van der Waals surface area contributed by atoms with Crippen molar-refractivity contribution in [1.82, 2.24) is 0 Å². The van der Waals surface area contributed by atoms with E-state index >= 15 is 0 Å². The predicted molar refractivity (Wildman–Crippen MR) is 56.9 cm³/mol. The molecule has 1 aromatic rings. The Labute approximate surface area is 88.5 Å². The highest BCUT2D eigenvalue weighted by atomic mass is 19.1. The molecule has 1 fully saturated rings. The summed E-state index contributed by atoms with van der Waals surface area (Å²) in [5.74, 6) is 0.224. The second-order valence-electron chi connectivity index (χ2n) is 4.13. The highest BCUT2D eigenvalue weighted by Gasteiger charge is 2.32. The van der Waals surface area contributed by atoms with Crippen molar-refractivity contribution in [2.45, 2.75) is 19.8 Å². The molecule has 2 nitrogen and oxygen atoms in total. The quantitative estimate of drug-likeness (QED) is 0.811. The third-order valence-corrected chi connectivity index (χ3v) is 2.83. The topological polar surface area (TPSA) is 29.1 Å². The van der Waals surface area contributed by atoms with Crippen LogP contribution in [0.25, 0.3) is 0 Å². The van der Waals surface area contributed by atoms with Crippen LogP contribution in [0, 0.1) is 17.7 Å². The zero-order valence-electron chi connectivity index (χ0n) is 8.66. The molecule has 1 aliphatic rings. The highest BCUT2D eigenvalue weighted by Crippen LogP contribution is 2.37. The van der Waals surface area contributed by atoms with Crippen molar-refractivity contribution in [3.05, 3.63) is 30.1 Å². The number of hydrogen-bond donors (Lipinski definition) is 1. The fourth-order valence-electron chi connectivity index (χ4n) is 1.63. The predicted octanol–water partition coefficient (Wildman–Crippen LogP) is 2.81. The third-order valence-electron chi connectivity index (χ3n) is 2.83. The number of nitrogens with one attached hydrogen (secondary N) is 1. The molecule has 80 valence electrons. The van der Waals surface area contributed by atoms with E-state index in [-0.39, 0.29) is 17.6 Å². The van der Waals surface area contributed by atoms with Crippen molar-refractivity contribution in [2.24, 2.45) is 11.8 Å². The molecule has 1 saturated carbocycles. The molecule has 1 atom stereocenters. The fourth-order valence-corrected chi connectivity index (χ4v) is 1.63. The van der Waals surface area contributed by atoms with Crippen LogP contribution in [0.1, 0.15) is 19.8 Å². The number of benzene rings is 1. The maximum Gasteiger partial charge on any atom is 0.227 e. The van der Waals surface area contributed by atoms with Crippen LogP contribution in [0.5, 0.6) is 0 Å². The monoisotopic (exact) mass is 207 g/mol. The van der Waals surface area contributed by atoms with E-state index in [0.717, 1.165) is 12.8 Å². The lowest BCUT2D eigenvalue weighted by molar-refractivity contribution is -0.119. The number of hydrogen-bond acceptors (Lipinski definition) is 1. The van der Waals surface area contributed by atoms with E-state index < -0.39 is 0 Å². The molecular weight excluding hydrogens is 193 g/mol. The van der Waals surface area contributed by atoms with Gasteiger partial charge in [-0.2, -0.15) is 0 Å². The first-order valence-electron chi connectivity index (χ1n) is 5.23. The molecule has 15 heavy (non-hydrogen) atoms. The van der Waals surface area contributed by atoms with Crippen LogP contribution in [0.4, 0.5) is 10.1 Å². The second-order valence-corrected chi connectivity index (χ2v) is 4.13. The van der Waals surface area contributed by atoms with E-state index in [9.17, 15) is 9.18 Å². The Hall–Kier alpha value is -1.38. The number of carbonyl (C=O) groups is 1. The van der Waals surface area contributed by atoms with Gasteiger partial charge in [-0.25, -0.2) is 4.39 Å². The number of halogens is 1. The van der Waals surface area contributed by atoms with Gasteiger partial charge in [0.05, 0.1) is 0 Å². The number of anilines is 1. The van der Waals surface area contributed by atoms with Gasteiger partial charge in [0, 0.05) is 11.6 Å². The molecule has 1 amide bonds. The average molecular weight is 207 g/mol. The van der Waals surface area contributed by atoms with Gasteiger partial charge < -0.3 is 5.32 Å². The van der Waals surface area contributed by atoms with Crippen LogP contribution in [0.15, 0.2) is 24.3 Å². The standard InChI is InChI=1S/C12H14FNO/c1-8(9-5-6-9)12(15)14-11-4-2-3-10(13)7-11/h2-4,7-9H,5-6H2,1H3,(H,14,15). The van der Waals surface area contributed by atoms with E-state index in [1.165, 1.54) is 12.1 Å². The lowest BCUT2D eigenvalue weighted by Gasteiger charge is -2.10. The van der Waals surface area contributed by atoms with Crippen molar-refractivity contribution < 1.29 is 9.18 Å². The SMILES string of the molecule is CC(C(=O)Nc1cccc(F)c1)C1CC1. The Bertz CT molecular complexity index is 374. The van der Waals surface area contributed by atoms with E-state index in [0.29, 0.717) is 11.6 Å². The van der Waals surface area contributed by atoms with Crippen molar-refractivity contribution in [3.8, 4) is 0 Å². The first-order chi connectivity index (χ1) is 7.16. The zero-order valence-corrected chi connectivity index (χ0v) is 8.66. The molecule has 0 aliphatic heterocycles. The first kappa shape index (κ1) is 10.1. The van der Waals surface area contributed by atoms with Gasteiger partial charge in [0.25, 0.3) is 0 Å². The molecule has 0 heterocycles. The molecular formula is C12H14FNO. The summed E-state index contributed by atoms with van der Waals surface area (Å²) >= 11 is 0. The lowest BCUT2D eigenvalue weighted by atomic mass is 10.1. The summed E-state index contributed by atoms with van der Waals surface area (Å²) in [6.07, 6.45) is 2.27. The van der Waals surface area contributed by atoms with Crippen molar-refractivity contribution in [1.29, 1.82) is 0 Å². The normalized spacial score (nSPS) is 17.2. The Kier molecular flexibility index (Phi) is 2.71. The largest absolute Gasteiger partial charge is 0.326 e. The van der Waals surface area contributed by atoms with E-state index in [1.54, 1.807) is 12.1 Å². The molecule has 0 aromatic heterocycles. The van der Waals surface area contributed by atoms with Gasteiger partial charge in [0.15, 0.2) is 0 Å². The van der Waals surface area contributed by atoms with Crippen LogP contribution in [-0.4, -0.2) is 5.91 Å². The Morgan fingerprint density at radius 3 is 2.87 bits per heavy atom. The zero-order chi connectivity index (χ0) is 10.8. The second kappa shape index (κ2) is 4.01. The summed E-state index contributed by atoms with van der Waals surface area (Å²) in [5, 5.41) is 2.72. The van der Waals surface area contributed by atoms with Crippen LogP contribution in [-0.2, 0) is 4.79 Å². The van der Waals surface area contributed by atoms with E-state index in [4.69, 9.17) is 0 Å². The van der Waals surface area contributed by atoms with Crippen molar-refractivity contribution in [3.63, 3.8) is 0 Å². The molecule has 1 unspecified atom stereocenters. The Morgan fingerprint density at radius 2 is 2.27 bits per heavy atom. The smallest absolute Gasteiger partial charge is 0.227 e. The van der Waals surface area contributed by atoms with Gasteiger partial charge >= 0.3 is 0 Å². The summed E-state index contributed by atoms with van der Waals surface area (Å²) in [4.78, 5) is 11.7. The van der Waals surface area contributed by atoms with Crippen LogP contribution in [0.3, 0.4) is 0 Å². The van der Waals surface area contributed by atoms with E-state index in [1.807, 2.05) is 6.92 Å². The molecule has 1 aliphatic carbocycles. The highest BCUT2D eigenvalue weighted by molar-refractivity contribution is 5.92. The summed E-state index contributed by atoms with van der Waals surface area (Å²) in [6.45, 7) is 1.92. The minimum atomic E-state index is -0.327. The van der Waals surface area contributed by atoms with Gasteiger partial charge in [-0.05, 0) is 37.0 Å². The summed E-state index contributed by atoms with van der Waals surface area (Å²) in [5.41, 5.74) is 0.535. The van der Waals surface area contributed by atoms with Gasteiger partial charge in [0.2, 0.25) is 5.91 Å². The Morgan fingerprint density at radius 1 is 1.53 bits per heavy atom. The molecule has 1 aromatic carbocycles. The minimum absolute atomic E-state index is 0.0110. The van der Waals surface area contributed by atoms with Gasteiger partial charge in [-0.3, -0.25) is 4.79 Å². The van der Waals surface area contributed by atoms with Gasteiger partial charge in [-0.15, -0.1) is 0 Å². The van der Waals surface area contributed by atoms with Crippen LogP contribution in [0.2, 0.25) is 0 Å². The fraction of sp³-hybridized carbons (Fsp3) is 0.417. The number of amides is 1. The van der Waals surface area contributed by atoms with Crippen LogP contribution < -0.4 is 5.32 Å². The molecule has 0 saturated heterocycles. The molecule has 0 bridgehead atoms. The maximum absolute atomic E-state index is 12.8. The summed E-state index contributed by atoms with van der Waals surface area (Å²) in [7, 11) is 0. The molecule has 0 spiro atoms. The van der Waals surface area contributed by atoms with E-state index in [2.05, 4.69) is 5.32 Å². The van der Waals surface area contributed by atoms with Crippen molar-refractivity contribution in [2.75, 3.05) is 5.32 Å². The summed E-state index contributed by atoms with van der Waals surface area (Å²) < 4.78 is 12.8. The molecule has 3 heteroatoms. The van der Waals surface area contributed by atoms with Gasteiger partial charge in [0.1, 0.15) is 5.82 Å². The first-order valence-corrected chi connectivity index (χ1v) is 5.23. The molecule has 2 rings (SSSR count). The number of carbonyl (C=O) groups excluding carboxylic acids is 1. The minimum Gasteiger partial charge on any atom is -0.326 e. The van der Waals surface area contributed by atoms with Crippen LogP contribution >= 0.6 is 0 Å². The maximum atomic E-state index is 12.8. The molecule has 0 radical (unpaired) electrons.